The SMILES string of the molecule is C1=CC2Sc3cccc(-c4c(N(c5cccc(-c6ccccc6)c5)c5cccc6ccccc56)ccc5ccccc45)c3C2C=C1. The van der Waals surface area contributed by atoms with E-state index in [1.807, 2.05) is 11.8 Å². The van der Waals surface area contributed by atoms with Gasteiger partial charge in [0.05, 0.1) is 11.4 Å². The standard InChI is InChI=1S/C44H31NS/c1-2-13-30(14-3-1)33-18-10-19-34(29-33)45(39-24-11-17-31-15-4-6-20-35(31)39)40-28-27-32-16-5-7-21-36(32)43(40)38-23-12-26-42-44(38)37-22-8-9-25-41(37)46-42/h1-29,37,41H. The van der Waals surface area contributed by atoms with Gasteiger partial charge in [-0.25, -0.2) is 0 Å². The lowest BCUT2D eigenvalue weighted by atomic mass is 9.84. The van der Waals surface area contributed by atoms with E-state index in [1.165, 1.54) is 65.6 Å². The molecule has 1 heterocycles. The average Bonchev–Trinajstić information content (AvgIpc) is 3.51. The van der Waals surface area contributed by atoms with Gasteiger partial charge in [-0.3, -0.25) is 0 Å². The molecule has 218 valence electrons. The van der Waals surface area contributed by atoms with E-state index in [0.29, 0.717) is 11.2 Å². The number of benzene rings is 7. The van der Waals surface area contributed by atoms with Crippen LogP contribution in [0.3, 0.4) is 0 Å². The van der Waals surface area contributed by atoms with Crippen molar-refractivity contribution in [3.63, 3.8) is 0 Å². The molecular formula is C44H31NS. The van der Waals surface area contributed by atoms with Crippen LogP contribution < -0.4 is 4.90 Å². The lowest BCUT2D eigenvalue weighted by Crippen LogP contribution is -2.13. The highest BCUT2D eigenvalue weighted by Crippen LogP contribution is 2.54. The summed E-state index contributed by atoms with van der Waals surface area (Å²) in [6.45, 7) is 0. The van der Waals surface area contributed by atoms with Crippen molar-refractivity contribution in [2.45, 2.75) is 16.1 Å². The van der Waals surface area contributed by atoms with Crippen molar-refractivity contribution >= 4 is 50.4 Å². The number of anilines is 3. The molecule has 0 saturated heterocycles. The Bertz CT molecular complexity index is 2310. The summed E-state index contributed by atoms with van der Waals surface area (Å²) in [4.78, 5) is 3.87. The molecule has 0 amide bonds. The van der Waals surface area contributed by atoms with Gasteiger partial charge in [-0.15, -0.1) is 11.8 Å². The third-order valence-corrected chi connectivity index (χ3v) is 10.7. The molecule has 2 atom stereocenters. The van der Waals surface area contributed by atoms with Crippen LogP contribution in [0, 0.1) is 0 Å². The van der Waals surface area contributed by atoms with E-state index in [0.717, 1.165) is 5.69 Å². The first-order valence-corrected chi connectivity index (χ1v) is 16.8. The number of nitrogens with zero attached hydrogens (tertiary/aromatic N) is 1. The quantitative estimate of drug-likeness (QED) is 0.192. The third kappa shape index (κ3) is 4.49. The van der Waals surface area contributed by atoms with E-state index >= 15 is 0 Å². The maximum absolute atomic E-state index is 2.49. The van der Waals surface area contributed by atoms with Gasteiger partial charge in [-0.1, -0.05) is 146 Å². The van der Waals surface area contributed by atoms with E-state index < -0.39 is 0 Å². The molecule has 2 aliphatic rings. The minimum Gasteiger partial charge on any atom is -0.309 e. The molecule has 2 heteroatoms. The Labute approximate surface area is 274 Å². The molecule has 1 aliphatic carbocycles. The predicted molar refractivity (Wildman–Crippen MR) is 198 cm³/mol. The highest BCUT2D eigenvalue weighted by molar-refractivity contribution is 8.00. The molecule has 9 rings (SSSR count). The lowest BCUT2D eigenvalue weighted by Gasteiger charge is -2.31. The van der Waals surface area contributed by atoms with Crippen molar-refractivity contribution in [2.24, 2.45) is 0 Å². The minimum atomic E-state index is 0.348. The topological polar surface area (TPSA) is 3.24 Å². The Balaban J connectivity index is 1.36. The van der Waals surface area contributed by atoms with Crippen LogP contribution in [0.25, 0.3) is 43.8 Å². The zero-order valence-corrected chi connectivity index (χ0v) is 26.1. The van der Waals surface area contributed by atoms with Crippen LogP contribution in [0.1, 0.15) is 11.5 Å². The van der Waals surface area contributed by atoms with E-state index in [1.54, 1.807) is 0 Å². The molecule has 46 heavy (non-hydrogen) atoms. The number of fused-ring (bicyclic) bond motifs is 5. The summed E-state index contributed by atoms with van der Waals surface area (Å²) in [6, 6.07) is 55.5. The van der Waals surface area contributed by atoms with Gasteiger partial charge in [0.15, 0.2) is 0 Å². The van der Waals surface area contributed by atoms with Gasteiger partial charge < -0.3 is 4.90 Å². The Hall–Kier alpha value is -5.31. The number of rotatable bonds is 5. The Morgan fingerprint density at radius 1 is 0.500 bits per heavy atom. The molecule has 2 unspecified atom stereocenters. The first-order chi connectivity index (χ1) is 22.8. The van der Waals surface area contributed by atoms with E-state index in [9.17, 15) is 0 Å². The number of hydrogen-bond acceptors (Lipinski definition) is 2. The molecule has 0 saturated carbocycles. The molecule has 1 nitrogen and oxygen atoms in total. The van der Waals surface area contributed by atoms with Crippen LogP contribution >= 0.6 is 11.8 Å². The summed E-state index contributed by atoms with van der Waals surface area (Å²) in [5.74, 6) is 0.348. The maximum Gasteiger partial charge on any atom is 0.0546 e. The minimum absolute atomic E-state index is 0.348. The summed E-state index contributed by atoms with van der Waals surface area (Å²) in [5.41, 5.74) is 9.91. The van der Waals surface area contributed by atoms with Gasteiger partial charge >= 0.3 is 0 Å². The predicted octanol–water partition coefficient (Wildman–Crippen LogP) is 12.5. The first kappa shape index (κ1) is 27.0. The fourth-order valence-electron chi connectivity index (χ4n) is 7.31. The van der Waals surface area contributed by atoms with Crippen LogP contribution in [0.15, 0.2) is 181 Å². The van der Waals surface area contributed by atoms with Crippen LogP contribution in [0.4, 0.5) is 17.1 Å². The fraction of sp³-hybridized carbons (Fsp3) is 0.0455. The number of hydrogen-bond donors (Lipinski definition) is 0. The van der Waals surface area contributed by atoms with Crippen molar-refractivity contribution in [2.75, 3.05) is 4.90 Å². The summed E-state index contributed by atoms with van der Waals surface area (Å²) in [6.07, 6.45) is 9.17. The molecule has 7 aromatic rings. The Kier molecular flexibility index (Phi) is 6.61. The van der Waals surface area contributed by atoms with Crippen molar-refractivity contribution in [1.29, 1.82) is 0 Å². The van der Waals surface area contributed by atoms with Crippen LogP contribution in [-0.4, -0.2) is 5.25 Å². The summed E-state index contributed by atoms with van der Waals surface area (Å²) in [7, 11) is 0. The molecule has 7 aromatic carbocycles. The van der Waals surface area contributed by atoms with Crippen molar-refractivity contribution in [1.82, 2.24) is 0 Å². The van der Waals surface area contributed by atoms with Crippen LogP contribution in [-0.2, 0) is 0 Å². The number of thioether (sulfide) groups is 1. The van der Waals surface area contributed by atoms with E-state index in [4.69, 9.17) is 0 Å². The molecule has 0 fully saturated rings. The van der Waals surface area contributed by atoms with Gasteiger partial charge in [-0.2, -0.15) is 0 Å². The fourth-order valence-corrected chi connectivity index (χ4v) is 8.68. The van der Waals surface area contributed by atoms with E-state index in [-0.39, 0.29) is 0 Å². The van der Waals surface area contributed by atoms with Crippen LogP contribution in [0.5, 0.6) is 0 Å². The molecule has 0 bridgehead atoms. The van der Waals surface area contributed by atoms with Gasteiger partial charge in [0.2, 0.25) is 0 Å². The van der Waals surface area contributed by atoms with Gasteiger partial charge in [-0.05, 0) is 68.7 Å². The van der Waals surface area contributed by atoms with E-state index in [2.05, 4.69) is 181 Å². The smallest absolute Gasteiger partial charge is 0.0546 e. The van der Waals surface area contributed by atoms with Gasteiger partial charge in [0.25, 0.3) is 0 Å². The second-order valence-corrected chi connectivity index (χ2v) is 13.2. The third-order valence-electron chi connectivity index (χ3n) is 9.38. The normalized spacial score (nSPS) is 16.4. The zero-order chi connectivity index (χ0) is 30.5. The van der Waals surface area contributed by atoms with Gasteiger partial charge in [0, 0.05) is 32.7 Å². The largest absolute Gasteiger partial charge is 0.309 e. The average molecular weight is 606 g/mol. The zero-order valence-electron chi connectivity index (χ0n) is 25.3. The highest BCUT2D eigenvalue weighted by Gasteiger charge is 2.34. The molecular weight excluding hydrogens is 575 g/mol. The monoisotopic (exact) mass is 605 g/mol. The number of allylic oxidation sites excluding steroid dienone is 3. The summed E-state index contributed by atoms with van der Waals surface area (Å²) >= 11 is 1.99. The molecule has 0 aromatic heterocycles. The van der Waals surface area contributed by atoms with Crippen molar-refractivity contribution in [3.05, 3.63) is 182 Å². The lowest BCUT2D eigenvalue weighted by molar-refractivity contribution is 0.883. The maximum atomic E-state index is 2.49. The second-order valence-electron chi connectivity index (χ2n) is 12.0. The molecule has 0 N–H and O–H groups in total. The highest BCUT2D eigenvalue weighted by atomic mass is 32.2. The summed E-state index contributed by atoms with van der Waals surface area (Å²) in [5, 5.41) is 5.39. The summed E-state index contributed by atoms with van der Waals surface area (Å²) < 4.78 is 0. The molecule has 1 aliphatic heterocycles. The first-order valence-electron chi connectivity index (χ1n) is 15.9. The van der Waals surface area contributed by atoms with Gasteiger partial charge in [0.1, 0.15) is 0 Å². The molecule has 0 radical (unpaired) electrons. The van der Waals surface area contributed by atoms with Crippen molar-refractivity contribution in [3.8, 4) is 22.3 Å². The molecule has 0 spiro atoms. The Morgan fingerprint density at radius 3 is 2.09 bits per heavy atom. The second kappa shape index (κ2) is 11.2. The van der Waals surface area contributed by atoms with Crippen molar-refractivity contribution < 1.29 is 0 Å². The Morgan fingerprint density at radius 2 is 1.20 bits per heavy atom. The van der Waals surface area contributed by atoms with Crippen LogP contribution in [0.2, 0.25) is 0 Å².